The lowest BCUT2D eigenvalue weighted by molar-refractivity contribution is 0.336. The second-order valence-corrected chi connectivity index (χ2v) is 8.59. The van der Waals surface area contributed by atoms with E-state index in [0.717, 1.165) is 10.1 Å². The van der Waals surface area contributed by atoms with E-state index in [2.05, 4.69) is 19.9 Å². The van der Waals surface area contributed by atoms with E-state index in [4.69, 9.17) is 9.32 Å². The molecule has 4 nitrogen and oxygen atoms in total. The van der Waals surface area contributed by atoms with Crippen molar-refractivity contribution in [2.75, 3.05) is 0 Å². The highest BCUT2D eigenvalue weighted by Crippen LogP contribution is 2.51. The van der Waals surface area contributed by atoms with Crippen LogP contribution in [0.5, 0.6) is 5.75 Å². The van der Waals surface area contributed by atoms with Crippen LogP contribution in [0.15, 0.2) is 24.3 Å². The second kappa shape index (κ2) is 4.97. The summed E-state index contributed by atoms with van der Waals surface area (Å²) in [6.07, 6.45) is 3.66. The average molecular weight is 325 g/mol. The lowest BCUT2D eigenvalue weighted by Crippen LogP contribution is -2.19. The van der Waals surface area contributed by atoms with Gasteiger partial charge in [0.05, 0.1) is 0 Å². The summed E-state index contributed by atoms with van der Waals surface area (Å²) >= 11 is 1.72. The molecule has 2 N–H and O–H groups in total. The Bertz CT molecular complexity index is 777. The standard InChI is InChI=1S/C15H19NO3S2/c1-15(2)8-4-5-11(15)14-9-10-12(19-21(16,17)18)6-3-7-13(10)20-14/h3,6-7,9,11H,4-5,8H2,1-2H3,(H2,16,17,18). The molecular weight excluding hydrogens is 306 g/mol. The van der Waals surface area contributed by atoms with Crippen LogP contribution in [-0.2, 0) is 10.3 Å². The van der Waals surface area contributed by atoms with Crippen LogP contribution in [0.4, 0.5) is 0 Å². The highest BCUT2D eigenvalue weighted by Gasteiger charge is 2.36. The molecule has 1 saturated carbocycles. The van der Waals surface area contributed by atoms with Gasteiger partial charge in [0, 0.05) is 15.0 Å². The third-order valence-electron chi connectivity index (χ3n) is 4.35. The average Bonchev–Trinajstić information content (AvgIpc) is 2.90. The lowest BCUT2D eigenvalue weighted by Gasteiger charge is -2.25. The molecule has 21 heavy (non-hydrogen) atoms. The van der Waals surface area contributed by atoms with Crippen molar-refractivity contribution in [3.63, 3.8) is 0 Å². The summed E-state index contributed by atoms with van der Waals surface area (Å²) in [4.78, 5) is 1.30. The summed E-state index contributed by atoms with van der Waals surface area (Å²) in [5, 5.41) is 5.81. The van der Waals surface area contributed by atoms with Crippen LogP contribution < -0.4 is 9.32 Å². The van der Waals surface area contributed by atoms with Gasteiger partial charge in [-0.25, -0.2) is 0 Å². The molecule has 0 bridgehead atoms. The summed E-state index contributed by atoms with van der Waals surface area (Å²) in [5.74, 6) is 0.838. The third-order valence-corrected chi connectivity index (χ3v) is 5.97. The van der Waals surface area contributed by atoms with Crippen molar-refractivity contribution in [2.24, 2.45) is 10.6 Å². The van der Waals surface area contributed by atoms with Crippen molar-refractivity contribution in [1.29, 1.82) is 0 Å². The van der Waals surface area contributed by atoms with Crippen LogP contribution in [-0.4, -0.2) is 8.42 Å². The normalized spacial score (nSPS) is 21.8. The summed E-state index contributed by atoms with van der Waals surface area (Å²) < 4.78 is 28.3. The smallest absolute Gasteiger partial charge is 0.370 e. The Balaban J connectivity index is 2.06. The van der Waals surface area contributed by atoms with Crippen molar-refractivity contribution in [3.8, 4) is 5.75 Å². The van der Waals surface area contributed by atoms with Gasteiger partial charge in [0.1, 0.15) is 0 Å². The number of benzene rings is 1. The number of fused-ring (bicyclic) bond motifs is 1. The van der Waals surface area contributed by atoms with Gasteiger partial charge in [0.2, 0.25) is 0 Å². The van der Waals surface area contributed by atoms with Gasteiger partial charge in [0.25, 0.3) is 0 Å². The van der Waals surface area contributed by atoms with E-state index >= 15 is 0 Å². The van der Waals surface area contributed by atoms with Gasteiger partial charge in [-0.3, -0.25) is 0 Å². The molecule has 0 aliphatic heterocycles. The molecule has 1 atom stereocenters. The molecular formula is C15H19NO3S2. The van der Waals surface area contributed by atoms with E-state index in [1.807, 2.05) is 6.07 Å². The predicted octanol–water partition coefficient (Wildman–Crippen LogP) is 3.78. The molecule has 0 radical (unpaired) electrons. The summed E-state index contributed by atoms with van der Waals surface area (Å²) in [7, 11) is -4.00. The second-order valence-electron chi connectivity index (χ2n) is 6.33. The van der Waals surface area contributed by atoms with Gasteiger partial charge in [-0.15, -0.1) is 11.3 Å². The molecule has 1 fully saturated rings. The van der Waals surface area contributed by atoms with Crippen molar-refractivity contribution < 1.29 is 12.6 Å². The van der Waals surface area contributed by atoms with E-state index in [1.165, 1.54) is 24.1 Å². The minimum atomic E-state index is -4.00. The molecule has 2 aromatic rings. The Morgan fingerprint density at radius 1 is 1.38 bits per heavy atom. The van der Waals surface area contributed by atoms with Gasteiger partial charge in [-0.1, -0.05) is 26.3 Å². The fraction of sp³-hybridized carbons (Fsp3) is 0.467. The zero-order valence-electron chi connectivity index (χ0n) is 12.1. The van der Waals surface area contributed by atoms with E-state index in [0.29, 0.717) is 17.1 Å². The van der Waals surface area contributed by atoms with Gasteiger partial charge >= 0.3 is 10.3 Å². The minimum absolute atomic E-state index is 0.293. The molecule has 1 unspecified atom stereocenters. The molecule has 0 amide bonds. The first-order valence-corrected chi connectivity index (χ1v) is 9.30. The highest BCUT2D eigenvalue weighted by atomic mass is 32.2. The number of rotatable bonds is 3. The first kappa shape index (κ1) is 14.8. The Kier molecular flexibility index (Phi) is 3.50. The molecule has 0 saturated heterocycles. The molecule has 114 valence electrons. The van der Waals surface area contributed by atoms with Crippen LogP contribution in [0, 0.1) is 5.41 Å². The van der Waals surface area contributed by atoms with Crippen LogP contribution in [0.3, 0.4) is 0 Å². The maximum absolute atomic E-state index is 11.2. The zero-order chi connectivity index (χ0) is 15.3. The fourth-order valence-corrected chi connectivity index (χ4v) is 5.10. The molecule has 1 aliphatic rings. The van der Waals surface area contributed by atoms with E-state index < -0.39 is 10.3 Å². The minimum Gasteiger partial charge on any atom is -0.370 e. The molecule has 6 heteroatoms. The Labute approximate surface area is 129 Å². The van der Waals surface area contributed by atoms with Crippen molar-refractivity contribution >= 4 is 31.7 Å². The molecule has 0 spiro atoms. The molecule has 1 aliphatic carbocycles. The monoisotopic (exact) mass is 325 g/mol. The number of nitrogens with two attached hydrogens (primary N) is 1. The zero-order valence-corrected chi connectivity index (χ0v) is 13.8. The Hall–Kier alpha value is -1.11. The predicted molar refractivity (Wildman–Crippen MR) is 85.9 cm³/mol. The van der Waals surface area contributed by atoms with Crippen LogP contribution in [0.1, 0.15) is 43.9 Å². The molecule has 3 rings (SSSR count). The number of thiophene rings is 1. The Morgan fingerprint density at radius 3 is 2.76 bits per heavy atom. The van der Waals surface area contributed by atoms with Crippen molar-refractivity contribution in [1.82, 2.24) is 0 Å². The first-order chi connectivity index (χ1) is 9.76. The van der Waals surface area contributed by atoms with E-state index in [-0.39, 0.29) is 0 Å². The summed E-state index contributed by atoms with van der Waals surface area (Å²) in [5.41, 5.74) is 0.293. The first-order valence-electron chi connectivity index (χ1n) is 7.01. The van der Waals surface area contributed by atoms with Gasteiger partial charge < -0.3 is 4.18 Å². The Morgan fingerprint density at radius 2 is 2.14 bits per heavy atom. The summed E-state index contributed by atoms with van der Waals surface area (Å²) in [6.45, 7) is 4.60. The van der Waals surface area contributed by atoms with Crippen LogP contribution in [0.2, 0.25) is 0 Å². The van der Waals surface area contributed by atoms with Gasteiger partial charge in [-0.2, -0.15) is 13.6 Å². The highest BCUT2D eigenvalue weighted by molar-refractivity contribution is 7.84. The summed E-state index contributed by atoms with van der Waals surface area (Å²) in [6, 6.07) is 7.49. The van der Waals surface area contributed by atoms with Crippen molar-refractivity contribution in [2.45, 2.75) is 39.0 Å². The quantitative estimate of drug-likeness (QED) is 0.933. The van der Waals surface area contributed by atoms with Crippen LogP contribution in [0.25, 0.3) is 10.1 Å². The largest absolute Gasteiger partial charge is 0.380 e. The molecule has 1 aromatic carbocycles. The van der Waals surface area contributed by atoms with E-state index in [9.17, 15) is 8.42 Å². The van der Waals surface area contributed by atoms with Gasteiger partial charge in [-0.05, 0) is 42.4 Å². The molecule has 1 heterocycles. The molecule has 1 aromatic heterocycles. The van der Waals surface area contributed by atoms with Gasteiger partial charge in [0.15, 0.2) is 5.75 Å². The number of hydrogen-bond donors (Lipinski definition) is 1. The maximum atomic E-state index is 11.2. The van der Waals surface area contributed by atoms with Crippen molar-refractivity contribution in [3.05, 3.63) is 29.1 Å². The van der Waals surface area contributed by atoms with E-state index in [1.54, 1.807) is 23.5 Å². The number of hydrogen-bond acceptors (Lipinski definition) is 4. The topological polar surface area (TPSA) is 69.4 Å². The van der Waals surface area contributed by atoms with Crippen LogP contribution >= 0.6 is 11.3 Å². The maximum Gasteiger partial charge on any atom is 0.380 e. The third kappa shape index (κ3) is 2.93. The fourth-order valence-electron chi connectivity index (χ4n) is 3.28. The lowest BCUT2D eigenvalue weighted by atomic mass is 9.81. The SMILES string of the molecule is CC1(C)CCCC1c1cc2c(OS(N)(=O)=O)cccc2s1.